The van der Waals surface area contributed by atoms with Gasteiger partial charge in [0.05, 0.1) is 30.1 Å². The Hall–Kier alpha value is -4.08. The molecule has 2 heterocycles. The number of halogens is 1. The molecule has 5 rings (SSSR count). The molecule has 1 aliphatic heterocycles. The van der Waals surface area contributed by atoms with Crippen molar-refractivity contribution in [3.05, 3.63) is 82.2 Å². The van der Waals surface area contributed by atoms with Crippen LogP contribution in [-0.4, -0.2) is 65.9 Å². The monoisotopic (exact) mass is 593 g/mol. The van der Waals surface area contributed by atoms with Crippen molar-refractivity contribution in [3.8, 4) is 11.8 Å². The molecule has 10 nitrogen and oxygen atoms in total. The lowest BCUT2D eigenvalue weighted by molar-refractivity contribution is -0.134. The number of carbonyl (C=O) groups is 2. The number of carbonyl (C=O) groups excluding carboxylic acids is 2. The number of aryl methyl sites for hydroxylation is 2. The minimum atomic E-state index is -3.80. The highest BCUT2D eigenvalue weighted by molar-refractivity contribution is 7.86. The number of aromatic nitrogens is 2. The predicted molar refractivity (Wildman–Crippen MR) is 151 cm³/mol. The van der Waals surface area contributed by atoms with E-state index in [1.165, 1.54) is 29.2 Å². The van der Waals surface area contributed by atoms with Crippen molar-refractivity contribution < 1.29 is 26.6 Å². The Bertz CT molecular complexity index is 1660. The average Bonchev–Trinajstić information content (AvgIpc) is 3.67. The van der Waals surface area contributed by atoms with Gasteiger partial charge in [-0.25, -0.2) is 9.37 Å². The van der Waals surface area contributed by atoms with E-state index < -0.39 is 27.7 Å². The van der Waals surface area contributed by atoms with E-state index in [-0.39, 0.29) is 36.0 Å². The van der Waals surface area contributed by atoms with Crippen molar-refractivity contribution in [2.24, 2.45) is 5.92 Å². The number of hydrogen-bond donors (Lipinski definition) is 1. The van der Waals surface area contributed by atoms with Gasteiger partial charge in [0.1, 0.15) is 23.5 Å². The lowest BCUT2D eigenvalue weighted by Crippen LogP contribution is -2.53. The molecule has 2 aliphatic rings. The first-order valence-electron chi connectivity index (χ1n) is 13.8. The third kappa shape index (κ3) is 7.03. The Kier molecular flexibility index (Phi) is 8.43. The minimum absolute atomic E-state index is 0.0198. The Labute approximate surface area is 244 Å². The van der Waals surface area contributed by atoms with Gasteiger partial charge in [-0.1, -0.05) is 25.0 Å². The molecule has 1 unspecified atom stereocenters. The molecule has 12 heteroatoms. The maximum atomic E-state index is 14.4. The van der Waals surface area contributed by atoms with Gasteiger partial charge in [-0.15, -0.1) is 0 Å². The number of imidazole rings is 1. The fourth-order valence-corrected chi connectivity index (χ4v) is 5.78. The lowest BCUT2D eigenvalue weighted by atomic mass is 9.98. The van der Waals surface area contributed by atoms with E-state index in [9.17, 15) is 22.4 Å². The van der Waals surface area contributed by atoms with Gasteiger partial charge in [-0.2, -0.15) is 13.7 Å². The first-order valence-corrected chi connectivity index (χ1v) is 15.6. The van der Waals surface area contributed by atoms with E-state index >= 15 is 0 Å². The number of amides is 2. The van der Waals surface area contributed by atoms with Gasteiger partial charge in [-0.3, -0.25) is 19.4 Å². The highest BCUT2D eigenvalue weighted by Gasteiger charge is 2.35. The van der Waals surface area contributed by atoms with Gasteiger partial charge >= 0.3 is 10.1 Å². The van der Waals surface area contributed by atoms with Crippen LogP contribution in [0.4, 0.5) is 4.39 Å². The zero-order chi connectivity index (χ0) is 30.0. The maximum Gasteiger partial charge on any atom is 0.306 e. The molecule has 0 bridgehead atoms. The summed E-state index contributed by atoms with van der Waals surface area (Å²) in [6.45, 7) is 2.22. The average molecular weight is 594 g/mol. The summed E-state index contributed by atoms with van der Waals surface area (Å²) in [5, 5.41) is 9.08. The van der Waals surface area contributed by atoms with E-state index in [1.807, 2.05) is 17.9 Å². The third-order valence-corrected chi connectivity index (χ3v) is 8.17. The summed E-state index contributed by atoms with van der Waals surface area (Å²) in [5.74, 6) is -0.172. The number of H-pyrrole nitrogens is 1. The van der Waals surface area contributed by atoms with Crippen molar-refractivity contribution in [1.29, 1.82) is 5.26 Å². The summed E-state index contributed by atoms with van der Waals surface area (Å²) in [7, 11) is -3.80. The molecule has 1 atom stereocenters. The summed E-state index contributed by atoms with van der Waals surface area (Å²) >= 11 is 0. The minimum Gasteiger partial charge on any atom is -0.383 e. The fourth-order valence-electron chi connectivity index (χ4n) is 5.33. The van der Waals surface area contributed by atoms with Gasteiger partial charge in [0.15, 0.2) is 0 Å². The molecule has 42 heavy (non-hydrogen) atoms. The second-order valence-corrected chi connectivity index (χ2v) is 12.6. The van der Waals surface area contributed by atoms with Crippen molar-refractivity contribution in [3.63, 3.8) is 0 Å². The van der Waals surface area contributed by atoms with Crippen molar-refractivity contribution in [2.75, 3.05) is 25.9 Å². The van der Waals surface area contributed by atoms with E-state index in [4.69, 9.17) is 9.44 Å². The summed E-state index contributed by atoms with van der Waals surface area (Å²) in [6, 6.07) is 10.5. The van der Waals surface area contributed by atoms with Crippen LogP contribution < -0.4 is 4.18 Å². The number of aromatic amines is 1. The fraction of sp³-hybridized carbons (Fsp3) is 0.400. The van der Waals surface area contributed by atoms with Crippen molar-refractivity contribution in [2.45, 2.75) is 45.1 Å². The molecule has 2 fully saturated rings. The van der Waals surface area contributed by atoms with E-state index in [1.54, 1.807) is 18.3 Å². The number of nitrogens with one attached hydrogen (secondary N) is 1. The number of nitrogens with zero attached hydrogens (tertiary/aromatic N) is 4. The quantitative estimate of drug-likeness (QED) is 0.278. The smallest absolute Gasteiger partial charge is 0.306 e. The van der Waals surface area contributed by atoms with Crippen LogP contribution in [-0.2, 0) is 27.8 Å². The number of benzene rings is 2. The highest BCUT2D eigenvalue weighted by atomic mass is 32.2. The first kappa shape index (κ1) is 29.4. The van der Waals surface area contributed by atoms with Gasteiger partial charge in [0.2, 0.25) is 5.91 Å². The second-order valence-electron chi connectivity index (χ2n) is 11.0. The Morgan fingerprint density at radius 1 is 1.24 bits per heavy atom. The first-order chi connectivity index (χ1) is 20.0. The molecule has 1 N–H and O–H groups in total. The standard InChI is InChI=1S/C30H32FN5O5S/c1-19-33-17-27(34-19)28(14-21-6-8-23(16-32)26(31)13-21)35-11-12-36(29(37)18-35)30(38)25-15-24(41-42(2,39)40)10-9-22(25)7-5-20-3-4-20/h6,8-10,13,15,17,20,28H,3-5,7,11-12,14,18H2,1-2H3,(H,33,34). The molecule has 3 aromatic rings. The molecule has 220 valence electrons. The van der Waals surface area contributed by atoms with E-state index in [0.29, 0.717) is 36.7 Å². The zero-order valence-electron chi connectivity index (χ0n) is 23.5. The predicted octanol–water partition coefficient (Wildman–Crippen LogP) is 3.68. The SMILES string of the molecule is Cc1ncc(C(Cc2ccc(C#N)c(F)c2)N2CCN(C(=O)c3cc(OS(C)(=O)=O)ccc3CCC3CC3)C(=O)C2)[nH]1. The highest BCUT2D eigenvalue weighted by Crippen LogP contribution is 2.35. The molecular weight excluding hydrogens is 561 g/mol. The van der Waals surface area contributed by atoms with Crippen LogP contribution in [0.5, 0.6) is 5.75 Å². The van der Waals surface area contributed by atoms with Gasteiger partial charge < -0.3 is 9.17 Å². The lowest BCUT2D eigenvalue weighted by Gasteiger charge is -2.38. The normalized spacial score (nSPS) is 16.7. The van der Waals surface area contributed by atoms with E-state index in [2.05, 4.69) is 9.97 Å². The molecule has 1 saturated heterocycles. The molecule has 0 radical (unpaired) electrons. The Balaban J connectivity index is 1.37. The molecule has 2 aromatic carbocycles. The number of piperazine rings is 1. The number of nitriles is 1. The zero-order valence-corrected chi connectivity index (χ0v) is 24.3. The maximum absolute atomic E-state index is 14.4. The van der Waals surface area contributed by atoms with Crippen LogP contribution in [0.2, 0.25) is 0 Å². The van der Waals surface area contributed by atoms with Crippen LogP contribution in [0.25, 0.3) is 0 Å². The summed E-state index contributed by atoms with van der Waals surface area (Å²) in [5.41, 5.74) is 2.36. The largest absolute Gasteiger partial charge is 0.383 e. The Morgan fingerprint density at radius 3 is 2.64 bits per heavy atom. The van der Waals surface area contributed by atoms with Crippen LogP contribution in [0.1, 0.15) is 63.9 Å². The van der Waals surface area contributed by atoms with Gasteiger partial charge in [0.25, 0.3) is 5.91 Å². The summed E-state index contributed by atoms with van der Waals surface area (Å²) < 4.78 is 42.9. The van der Waals surface area contributed by atoms with Crippen LogP contribution in [0.15, 0.2) is 42.6 Å². The van der Waals surface area contributed by atoms with Crippen molar-refractivity contribution in [1.82, 2.24) is 19.8 Å². The number of imide groups is 1. The summed E-state index contributed by atoms with van der Waals surface area (Å²) in [6.07, 6.45) is 6.83. The Morgan fingerprint density at radius 2 is 2.02 bits per heavy atom. The molecule has 1 saturated carbocycles. The number of hydrogen-bond acceptors (Lipinski definition) is 8. The van der Waals surface area contributed by atoms with Crippen LogP contribution in [0.3, 0.4) is 0 Å². The number of rotatable bonds is 10. The van der Waals surface area contributed by atoms with Crippen LogP contribution in [0, 0.1) is 30.0 Å². The molecule has 2 amide bonds. The third-order valence-electron chi connectivity index (χ3n) is 7.68. The van der Waals surface area contributed by atoms with Gasteiger partial charge in [-0.05, 0) is 67.5 Å². The second kappa shape index (κ2) is 12.0. The summed E-state index contributed by atoms with van der Waals surface area (Å²) in [4.78, 5) is 37.8. The topological polar surface area (TPSA) is 136 Å². The molecule has 0 spiro atoms. The van der Waals surface area contributed by atoms with Gasteiger partial charge in [0, 0.05) is 24.8 Å². The van der Waals surface area contributed by atoms with Crippen LogP contribution >= 0.6 is 0 Å². The molecule has 1 aliphatic carbocycles. The van der Waals surface area contributed by atoms with E-state index in [0.717, 1.165) is 36.8 Å². The molecule has 1 aromatic heterocycles. The molecular formula is C30H32FN5O5S. The van der Waals surface area contributed by atoms with Crippen molar-refractivity contribution >= 4 is 21.9 Å².